The normalized spacial score (nSPS) is 28.5. The molecule has 2 aliphatic rings. The fraction of sp³-hybridized carbons (Fsp3) is 0.556. The van der Waals surface area contributed by atoms with Gasteiger partial charge in [0.05, 0.1) is 11.8 Å². The van der Waals surface area contributed by atoms with Crippen LogP contribution < -0.4 is 5.32 Å². The zero-order chi connectivity index (χ0) is 18.9. The van der Waals surface area contributed by atoms with E-state index in [1.54, 1.807) is 0 Å². The monoisotopic (exact) mass is 370 g/mol. The van der Waals surface area contributed by atoms with Gasteiger partial charge in [-0.05, 0) is 30.2 Å². The second kappa shape index (κ2) is 7.17. The average molecular weight is 370 g/mol. The Labute approximate surface area is 149 Å². The molecule has 2 atom stereocenters. The van der Waals surface area contributed by atoms with Gasteiger partial charge in [-0.15, -0.1) is 0 Å². The van der Waals surface area contributed by atoms with Gasteiger partial charge >= 0.3 is 18.2 Å². The molecular formula is C18H21F3N2O3. The Morgan fingerprint density at radius 1 is 1.15 bits per heavy atom. The summed E-state index contributed by atoms with van der Waals surface area (Å²) in [6.07, 6.45) is -2.78. The smallest absolute Gasteiger partial charge is 0.394 e. The quantitative estimate of drug-likeness (QED) is 0.856. The molecule has 0 bridgehead atoms. The first-order valence-corrected chi connectivity index (χ1v) is 8.63. The van der Waals surface area contributed by atoms with E-state index in [1.165, 1.54) is 5.56 Å². The van der Waals surface area contributed by atoms with E-state index >= 15 is 0 Å². The van der Waals surface area contributed by atoms with Crippen LogP contribution in [0.1, 0.15) is 24.3 Å². The first kappa shape index (κ1) is 18.5. The summed E-state index contributed by atoms with van der Waals surface area (Å²) >= 11 is 0. The molecule has 0 unspecified atom stereocenters. The summed E-state index contributed by atoms with van der Waals surface area (Å²) in [6.45, 7) is -0.626. The van der Waals surface area contributed by atoms with Crippen LogP contribution in [-0.2, 0) is 4.79 Å². The number of urea groups is 1. The molecular weight excluding hydrogens is 349 g/mol. The number of hydrogen-bond acceptors (Lipinski definition) is 2. The van der Waals surface area contributed by atoms with Crippen molar-refractivity contribution in [2.75, 3.05) is 19.6 Å². The van der Waals surface area contributed by atoms with E-state index in [2.05, 4.69) is 17.4 Å². The molecule has 142 valence electrons. The van der Waals surface area contributed by atoms with Gasteiger partial charge in [0, 0.05) is 19.6 Å². The molecule has 1 aromatic rings. The Balaban J connectivity index is 1.47. The molecule has 2 amide bonds. The molecule has 5 nitrogen and oxygen atoms in total. The number of likely N-dealkylation sites (tertiary alicyclic amines) is 1. The molecule has 1 aliphatic heterocycles. The molecule has 8 heteroatoms. The summed E-state index contributed by atoms with van der Waals surface area (Å²) in [6, 6.07) is 9.42. The van der Waals surface area contributed by atoms with Crippen LogP contribution in [0.2, 0.25) is 0 Å². The van der Waals surface area contributed by atoms with Gasteiger partial charge in [0.15, 0.2) is 0 Å². The van der Waals surface area contributed by atoms with E-state index in [0.29, 0.717) is 18.4 Å². The minimum Gasteiger partial charge on any atom is -0.481 e. The fourth-order valence-electron chi connectivity index (χ4n) is 3.79. The van der Waals surface area contributed by atoms with E-state index in [4.69, 9.17) is 5.11 Å². The minimum atomic E-state index is -4.63. The lowest BCUT2D eigenvalue weighted by Crippen LogP contribution is -2.43. The molecule has 0 aromatic heterocycles. The topological polar surface area (TPSA) is 69.6 Å². The van der Waals surface area contributed by atoms with Gasteiger partial charge in [0.2, 0.25) is 0 Å². The van der Waals surface area contributed by atoms with E-state index in [1.807, 2.05) is 18.2 Å². The van der Waals surface area contributed by atoms with Gasteiger partial charge in [-0.1, -0.05) is 30.3 Å². The van der Waals surface area contributed by atoms with Gasteiger partial charge in [-0.25, -0.2) is 4.79 Å². The second-order valence-corrected chi connectivity index (χ2v) is 7.13. The van der Waals surface area contributed by atoms with Gasteiger partial charge in [-0.2, -0.15) is 13.2 Å². The number of amides is 2. The molecule has 1 aromatic carbocycles. The zero-order valence-electron chi connectivity index (χ0n) is 14.1. The van der Waals surface area contributed by atoms with Crippen molar-refractivity contribution >= 4 is 12.0 Å². The van der Waals surface area contributed by atoms with Crippen molar-refractivity contribution in [2.45, 2.75) is 24.9 Å². The van der Waals surface area contributed by atoms with E-state index in [9.17, 15) is 22.8 Å². The third-order valence-electron chi connectivity index (χ3n) is 5.39. The Morgan fingerprint density at radius 2 is 1.81 bits per heavy atom. The largest absolute Gasteiger partial charge is 0.481 e. The van der Waals surface area contributed by atoms with Crippen LogP contribution in [-0.4, -0.2) is 47.8 Å². The van der Waals surface area contributed by atoms with Crippen molar-refractivity contribution in [1.29, 1.82) is 0 Å². The van der Waals surface area contributed by atoms with Crippen molar-refractivity contribution in [2.24, 2.45) is 17.8 Å². The van der Waals surface area contributed by atoms with Crippen LogP contribution in [0.15, 0.2) is 30.3 Å². The number of nitrogens with one attached hydrogen (secondary N) is 1. The highest BCUT2D eigenvalue weighted by atomic mass is 19.4. The number of rotatable bonds is 4. The standard InChI is InChI=1S/C18H21F3N2O3/c19-18(20,21)15-10-23(9-14(15)16(24)25)17(26)22-8-11-6-13(7-11)12-4-2-1-3-5-12/h1-5,11,13-15H,6-10H2,(H,22,26)(H,24,25)/t11?,13?,14-,15-/m1/s1. The zero-order valence-corrected chi connectivity index (χ0v) is 14.1. The van der Waals surface area contributed by atoms with Crippen LogP contribution in [0.4, 0.5) is 18.0 Å². The number of carboxylic acid groups (broad SMARTS) is 1. The van der Waals surface area contributed by atoms with Gasteiger partial charge < -0.3 is 15.3 Å². The Hall–Kier alpha value is -2.25. The Bertz CT molecular complexity index is 659. The number of carboxylic acids is 1. The van der Waals surface area contributed by atoms with Crippen LogP contribution >= 0.6 is 0 Å². The summed E-state index contributed by atoms with van der Waals surface area (Å²) in [5.74, 6) is -4.40. The van der Waals surface area contributed by atoms with Crippen molar-refractivity contribution < 1.29 is 27.9 Å². The number of benzene rings is 1. The van der Waals surface area contributed by atoms with Crippen molar-refractivity contribution in [1.82, 2.24) is 10.2 Å². The molecule has 1 heterocycles. The maximum atomic E-state index is 13.0. The summed E-state index contributed by atoms with van der Waals surface area (Å²) in [4.78, 5) is 24.2. The number of carbonyl (C=O) groups excluding carboxylic acids is 1. The third-order valence-corrected chi connectivity index (χ3v) is 5.39. The summed E-state index contributed by atoms with van der Waals surface area (Å²) < 4.78 is 38.9. The van der Waals surface area contributed by atoms with Gasteiger partial charge in [-0.3, -0.25) is 4.79 Å². The predicted octanol–water partition coefficient (Wildman–Crippen LogP) is 3.08. The highest BCUT2D eigenvalue weighted by Crippen LogP contribution is 2.41. The molecule has 0 radical (unpaired) electrons. The van der Waals surface area contributed by atoms with Crippen LogP contribution in [0.3, 0.4) is 0 Å². The van der Waals surface area contributed by atoms with Crippen molar-refractivity contribution in [3.8, 4) is 0 Å². The third kappa shape index (κ3) is 3.94. The van der Waals surface area contributed by atoms with Crippen molar-refractivity contribution in [3.05, 3.63) is 35.9 Å². The van der Waals surface area contributed by atoms with Crippen LogP contribution in [0, 0.1) is 17.8 Å². The number of nitrogens with zero attached hydrogens (tertiary/aromatic N) is 1. The number of alkyl halides is 3. The summed E-state index contributed by atoms with van der Waals surface area (Å²) in [7, 11) is 0. The van der Waals surface area contributed by atoms with E-state index in [0.717, 1.165) is 17.7 Å². The molecule has 1 saturated heterocycles. The molecule has 26 heavy (non-hydrogen) atoms. The fourth-order valence-corrected chi connectivity index (χ4v) is 3.79. The van der Waals surface area contributed by atoms with Crippen LogP contribution in [0.5, 0.6) is 0 Å². The lowest BCUT2D eigenvalue weighted by molar-refractivity contribution is -0.187. The highest BCUT2D eigenvalue weighted by molar-refractivity contribution is 5.77. The lowest BCUT2D eigenvalue weighted by atomic mass is 9.71. The number of hydrogen-bond donors (Lipinski definition) is 2. The number of carbonyl (C=O) groups is 2. The van der Waals surface area contributed by atoms with Gasteiger partial charge in [0.1, 0.15) is 0 Å². The maximum absolute atomic E-state index is 13.0. The average Bonchev–Trinajstić information content (AvgIpc) is 3.00. The molecule has 2 N–H and O–H groups in total. The minimum absolute atomic E-state index is 0.292. The highest BCUT2D eigenvalue weighted by Gasteiger charge is 2.53. The molecule has 1 aliphatic carbocycles. The summed E-state index contributed by atoms with van der Waals surface area (Å²) in [5.41, 5.74) is 1.26. The number of aliphatic carboxylic acids is 1. The molecule has 0 spiro atoms. The van der Waals surface area contributed by atoms with Gasteiger partial charge in [0.25, 0.3) is 0 Å². The molecule has 2 fully saturated rings. The SMILES string of the molecule is O=C(O)[C@@H]1CN(C(=O)NCC2CC(c3ccccc3)C2)C[C@H]1C(F)(F)F. The van der Waals surface area contributed by atoms with E-state index in [-0.39, 0.29) is 0 Å². The van der Waals surface area contributed by atoms with E-state index < -0.39 is 43.1 Å². The Morgan fingerprint density at radius 3 is 2.35 bits per heavy atom. The second-order valence-electron chi connectivity index (χ2n) is 7.13. The maximum Gasteiger partial charge on any atom is 0.394 e. The molecule has 3 rings (SSSR count). The van der Waals surface area contributed by atoms with Crippen molar-refractivity contribution in [3.63, 3.8) is 0 Å². The first-order chi connectivity index (χ1) is 12.3. The molecule has 1 saturated carbocycles. The first-order valence-electron chi connectivity index (χ1n) is 8.63. The van der Waals surface area contributed by atoms with Crippen LogP contribution in [0.25, 0.3) is 0 Å². The summed E-state index contributed by atoms with van der Waals surface area (Å²) in [5, 5.41) is 11.6. The Kier molecular flexibility index (Phi) is 5.11. The predicted molar refractivity (Wildman–Crippen MR) is 87.5 cm³/mol. The number of halogens is 3. The lowest BCUT2D eigenvalue weighted by Gasteiger charge is -2.36.